The Bertz CT molecular complexity index is 1140. The Morgan fingerprint density at radius 1 is 1.31 bits per heavy atom. The van der Waals surface area contributed by atoms with Crippen molar-refractivity contribution in [3.63, 3.8) is 0 Å². The van der Waals surface area contributed by atoms with Gasteiger partial charge in [0.1, 0.15) is 22.5 Å². The van der Waals surface area contributed by atoms with Gasteiger partial charge in [-0.2, -0.15) is 10.4 Å². The van der Waals surface area contributed by atoms with Crippen molar-refractivity contribution in [2.45, 2.75) is 13.8 Å². The van der Waals surface area contributed by atoms with Crippen molar-refractivity contribution < 1.29 is 4.74 Å². The first kappa shape index (κ1) is 17.6. The Kier molecular flexibility index (Phi) is 4.74. The zero-order valence-electron chi connectivity index (χ0n) is 14.4. The van der Waals surface area contributed by atoms with Crippen molar-refractivity contribution in [1.82, 2.24) is 9.66 Å². The number of nitrogens with zero attached hydrogens (tertiary/aromatic N) is 4. The standard InChI is InChI=1S/C19H15ClN4O2/c1-11-6-12(2)24(19(25)16(11)9-21)22-10-14-7-13-8-15(26-3)4-5-17(13)23-18(14)20/h4-8,10H,1-3H3/b22-10-. The minimum atomic E-state index is -0.465. The molecule has 130 valence electrons. The number of aryl methyl sites for hydroxylation is 2. The van der Waals surface area contributed by atoms with Crippen LogP contribution in [-0.4, -0.2) is 23.0 Å². The van der Waals surface area contributed by atoms with Crippen LogP contribution in [0.5, 0.6) is 5.75 Å². The maximum Gasteiger partial charge on any atom is 0.289 e. The van der Waals surface area contributed by atoms with Crippen LogP contribution in [0.15, 0.2) is 40.2 Å². The minimum Gasteiger partial charge on any atom is -0.497 e. The molecule has 0 aliphatic rings. The Morgan fingerprint density at radius 3 is 2.77 bits per heavy atom. The zero-order chi connectivity index (χ0) is 18.8. The predicted octanol–water partition coefficient (Wildman–Crippen LogP) is 3.43. The van der Waals surface area contributed by atoms with Gasteiger partial charge >= 0.3 is 0 Å². The van der Waals surface area contributed by atoms with E-state index in [0.717, 1.165) is 10.9 Å². The van der Waals surface area contributed by atoms with Gasteiger partial charge < -0.3 is 4.74 Å². The fraction of sp³-hybridized carbons (Fsp3) is 0.158. The number of hydrogen-bond donors (Lipinski definition) is 0. The van der Waals surface area contributed by atoms with E-state index in [1.807, 2.05) is 24.3 Å². The summed E-state index contributed by atoms with van der Waals surface area (Å²) in [7, 11) is 1.59. The lowest BCUT2D eigenvalue weighted by atomic mass is 10.1. The first-order valence-electron chi connectivity index (χ1n) is 7.76. The second-order valence-corrected chi connectivity index (χ2v) is 6.10. The molecule has 0 atom stereocenters. The van der Waals surface area contributed by atoms with Gasteiger partial charge in [0, 0.05) is 16.6 Å². The van der Waals surface area contributed by atoms with E-state index in [2.05, 4.69) is 10.1 Å². The third-order valence-corrected chi connectivity index (χ3v) is 4.29. The number of methoxy groups -OCH3 is 1. The van der Waals surface area contributed by atoms with E-state index in [9.17, 15) is 4.79 Å². The summed E-state index contributed by atoms with van der Waals surface area (Å²) in [6.07, 6.45) is 1.46. The van der Waals surface area contributed by atoms with Crippen molar-refractivity contribution in [1.29, 1.82) is 5.26 Å². The van der Waals surface area contributed by atoms with Gasteiger partial charge in [-0.05, 0) is 49.7 Å². The molecule has 0 fully saturated rings. The second kappa shape index (κ2) is 6.98. The van der Waals surface area contributed by atoms with Gasteiger partial charge in [-0.15, -0.1) is 0 Å². The van der Waals surface area contributed by atoms with Crippen molar-refractivity contribution in [2.24, 2.45) is 5.10 Å². The molecule has 0 N–H and O–H groups in total. The first-order chi connectivity index (χ1) is 12.4. The van der Waals surface area contributed by atoms with Gasteiger partial charge in [0.25, 0.3) is 5.56 Å². The van der Waals surface area contributed by atoms with Crippen LogP contribution in [0.3, 0.4) is 0 Å². The van der Waals surface area contributed by atoms with Crippen molar-refractivity contribution in [2.75, 3.05) is 7.11 Å². The molecule has 0 saturated carbocycles. The smallest absolute Gasteiger partial charge is 0.289 e. The van der Waals surface area contributed by atoms with Gasteiger partial charge in [0.05, 0.1) is 18.8 Å². The minimum absolute atomic E-state index is 0.0696. The molecule has 0 aliphatic carbocycles. The molecular formula is C19H15ClN4O2. The highest BCUT2D eigenvalue weighted by molar-refractivity contribution is 6.32. The number of hydrogen-bond acceptors (Lipinski definition) is 5. The van der Waals surface area contributed by atoms with Crippen LogP contribution in [0.2, 0.25) is 5.15 Å². The number of halogens is 1. The number of nitriles is 1. The molecule has 6 nitrogen and oxygen atoms in total. The third-order valence-electron chi connectivity index (χ3n) is 3.99. The van der Waals surface area contributed by atoms with Crippen LogP contribution in [-0.2, 0) is 0 Å². The summed E-state index contributed by atoms with van der Waals surface area (Å²) in [6.45, 7) is 3.47. The molecule has 0 aliphatic heterocycles. The van der Waals surface area contributed by atoms with Gasteiger partial charge in [0.15, 0.2) is 0 Å². The highest BCUT2D eigenvalue weighted by Gasteiger charge is 2.10. The molecule has 3 rings (SSSR count). The summed E-state index contributed by atoms with van der Waals surface area (Å²) < 4.78 is 6.40. The SMILES string of the molecule is COc1ccc2nc(Cl)c(/C=N\n3c(C)cc(C)c(C#N)c3=O)cc2c1. The number of ether oxygens (including phenoxy) is 1. The highest BCUT2D eigenvalue weighted by Crippen LogP contribution is 2.23. The summed E-state index contributed by atoms with van der Waals surface area (Å²) in [5, 5.41) is 14.5. The Morgan fingerprint density at radius 2 is 2.08 bits per heavy atom. The summed E-state index contributed by atoms with van der Waals surface area (Å²) in [6, 6.07) is 10.9. The van der Waals surface area contributed by atoms with E-state index < -0.39 is 5.56 Å². The summed E-state index contributed by atoms with van der Waals surface area (Å²) in [5.74, 6) is 0.703. The zero-order valence-corrected chi connectivity index (χ0v) is 15.2. The summed E-state index contributed by atoms with van der Waals surface area (Å²) in [4.78, 5) is 16.7. The van der Waals surface area contributed by atoms with E-state index >= 15 is 0 Å². The van der Waals surface area contributed by atoms with Gasteiger partial charge in [-0.25, -0.2) is 9.66 Å². The van der Waals surface area contributed by atoms with Crippen LogP contribution < -0.4 is 10.3 Å². The lowest BCUT2D eigenvalue weighted by Crippen LogP contribution is -2.22. The first-order valence-corrected chi connectivity index (χ1v) is 8.14. The maximum absolute atomic E-state index is 12.4. The molecular weight excluding hydrogens is 352 g/mol. The summed E-state index contributed by atoms with van der Waals surface area (Å²) in [5.41, 5.74) is 2.13. The van der Waals surface area contributed by atoms with Crippen molar-refractivity contribution in [3.05, 3.63) is 68.2 Å². The van der Waals surface area contributed by atoms with Gasteiger partial charge in [0.2, 0.25) is 0 Å². The molecule has 7 heteroatoms. The Balaban J connectivity index is 2.10. The monoisotopic (exact) mass is 366 g/mol. The van der Waals surface area contributed by atoms with Crippen LogP contribution in [0.4, 0.5) is 0 Å². The van der Waals surface area contributed by atoms with Crippen molar-refractivity contribution in [3.8, 4) is 11.8 Å². The Labute approximate surface area is 154 Å². The normalized spacial score (nSPS) is 11.0. The average molecular weight is 367 g/mol. The maximum atomic E-state index is 12.4. The fourth-order valence-electron chi connectivity index (χ4n) is 2.65. The van der Waals surface area contributed by atoms with E-state index in [0.29, 0.717) is 22.6 Å². The molecule has 0 saturated heterocycles. The van der Waals surface area contributed by atoms with E-state index in [-0.39, 0.29) is 10.7 Å². The largest absolute Gasteiger partial charge is 0.497 e. The number of aromatic nitrogens is 2. The molecule has 0 amide bonds. The predicted molar refractivity (Wildman–Crippen MR) is 101 cm³/mol. The fourth-order valence-corrected chi connectivity index (χ4v) is 2.84. The van der Waals surface area contributed by atoms with E-state index in [4.69, 9.17) is 21.6 Å². The number of benzene rings is 1. The van der Waals surface area contributed by atoms with Crippen molar-refractivity contribution >= 4 is 28.7 Å². The average Bonchev–Trinajstić information content (AvgIpc) is 2.61. The molecule has 2 aromatic heterocycles. The van der Waals surface area contributed by atoms with Crippen LogP contribution in [0.1, 0.15) is 22.4 Å². The molecule has 0 radical (unpaired) electrons. The third kappa shape index (κ3) is 3.17. The lowest BCUT2D eigenvalue weighted by Gasteiger charge is -2.07. The number of rotatable bonds is 3. The number of fused-ring (bicyclic) bond motifs is 1. The Hall–Kier alpha value is -3.17. The van der Waals surface area contributed by atoms with Gasteiger partial charge in [-0.1, -0.05) is 11.6 Å². The van der Waals surface area contributed by atoms with E-state index in [1.165, 1.54) is 10.9 Å². The molecule has 0 spiro atoms. The second-order valence-electron chi connectivity index (χ2n) is 5.74. The molecule has 26 heavy (non-hydrogen) atoms. The molecule has 0 bridgehead atoms. The van der Waals surface area contributed by atoms with E-state index in [1.54, 1.807) is 33.1 Å². The number of pyridine rings is 2. The van der Waals surface area contributed by atoms with Gasteiger partial charge in [-0.3, -0.25) is 4.79 Å². The highest BCUT2D eigenvalue weighted by atomic mass is 35.5. The van der Waals surface area contributed by atoms with Crippen LogP contribution >= 0.6 is 11.6 Å². The van der Waals surface area contributed by atoms with Crippen LogP contribution in [0, 0.1) is 25.2 Å². The molecule has 2 heterocycles. The topological polar surface area (TPSA) is 80.3 Å². The molecule has 0 unspecified atom stereocenters. The molecule has 3 aromatic rings. The lowest BCUT2D eigenvalue weighted by molar-refractivity contribution is 0.415. The summed E-state index contributed by atoms with van der Waals surface area (Å²) >= 11 is 6.23. The molecule has 1 aromatic carbocycles. The van der Waals surface area contributed by atoms with Crippen LogP contribution in [0.25, 0.3) is 10.9 Å². The quantitative estimate of drug-likeness (QED) is 0.525.